The van der Waals surface area contributed by atoms with Crippen LogP contribution in [0, 0.1) is 5.41 Å². The highest BCUT2D eigenvalue weighted by atomic mass is 35.5. The zero-order valence-electron chi connectivity index (χ0n) is 16.0. The predicted molar refractivity (Wildman–Crippen MR) is 114 cm³/mol. The van der Waals surface area contributed by atoms with Crippen LogP contribution in [-0.4, -0.2) is 22.6 Å². The summed E-state index contributed by atoms with van der Waals surface area (Å²) in [5, 5.41) is 0.419. The summed E-state index contributed by atoms with van der Waals surface area (Å²) in [6.07, 6.45) is 3.31. The second kappa shape index (κ2) is 7.64. The molecule has 1 aromatic heterocycles. The van der Waals surface area contributed by atoms with Crippen LogP contribution in [0.2, 0.25) is 5.02 Å². The fourth-order valence-corrected chi connectivity index (χ4v) is 4.47. The SMILES string of the molecule is CCC1(C)CCN(c2nc(N)c(Sc3cccc(N)c3Cl)c(=O)n2C)CC1. The molecule has 1 aromatic carbocycles. The van der Waals surface area contributed by atoms with Crippen LogP contribution in [0.15, 0.2) is 32.8 Å². The van der Waals surface area contributed by atoms with Crippen molar-refractivity contribution in [3.8, 4) is 0 Å². The highest BCUT2D eigenvalue weighted by Gasteiger charge is 2.30. The van der Waals surface area contributed by atoms with Crippen molar-refractivity contribution >= 4 is 40.8 Å². The molecule has 146 valence electrons. The van der Waals surface area contributed by atoms with Gasteiger partial charge in [0.25, 0.3) is 5.56 Å². The molecule has 0 aliphatic carbocycles. The second-order valence-corrected chi connectivity index (χ2v) is 8.83. The number of aromatic nitrogens is 2. The van der Waals surface area contributed by atoms with Gasteiger partial charge in [0.15, 0.2) is 0 Å². The van der Waals surface area contributed by atoms with Crippen LogP contribution in [0.1, 0.15) is 33.1 Å². The van der Waals surface area contributed by atoms with E-state index in [1.807, 2.05) is 6.07 Å². The van der Waals surface area contributed by atoms with Gasteiger partial charge in [-0.2, -0.15) is 4.98 Å². The summed E-state index contributed by atoms with van der Waals surface area (Å²) in [5.41, 5.74) is 12.7. The Hall–Kier alpha value is -1.86. The zero-order valence-corrected chi connectivity index (χ0v) is 17.5. The number of hydrogen-bond acceptors (Lipinski definition) is 6. The molecule has 0 saturated carbocycles. The molecular formula is C19H26ClN5OS. The first kappa shape index (κ1) is 19.9. The molecule has 1 fully saturated rings. The van der Waals surface area contributed by atoms with Gasteiger partial charge >= 0.3 is 0 Å². The molecule has 0 amide bonds. The van der Waals surface area contributed by atoms with E-state index in [2.05, 4.69) is 23.7 Å². The second-order valence-electron chi connectivity index (χ2n) is 7.40. The maximum atomic E-state index is 13.0. The topological polar surface area (TPSA) is 90.2 Å². The predicted octanol–water partition coefficient (Wildman–Crippen LogP) is 3.77. The third-order valence-electron chi connectivity index (χ3n) is 5.56. The molecule has 0 spiro atoms. The Morgan fingerprint density at radius 1 is 1.30 bits per heavy atom. The Balaban J connectivity index is 1.91. The van der Waals surface area contributed by atoms with Gasteiger partial charge in [0.05, 0.1) is 10.7 Å². The van der Waals surface area contributed by atoms with E-state index in [1.54, 1.807) is 23.7 Å². The molecule has 1 aliphatic rings. The smallest absolute Gasteiger partial charge is 0.270 e. The normalized spacial score (nSPS) is 16.5. The van der Waals surface area contributed by atoms with E-state index in [-0.39, 0.29) is 11.4 Å². The molecule has 0 radical (unpaired) electrons. The summed E-state index contributed by atoms with van der Waals surface area (Å²) in [6.45, 7) is 6.30. The van der Waals surface area contributed by atoms with Crippen LogP contribution in [0.25, 0.3) is 0 Å². The Morgan fingerprint density at radius 2 is 1.96 bits per heavy atom. The lowest BCUT2D eigenvalue weighted by molar-refractivity contribution is 0.236. The first-order valence-corrected chi connectivity index (χ1v) is 10.3. The number of halogens is 1. The first-order valence-electron chi connectivity index (χ1n) is 9.09. The minimum absolute atomic E-state index is 0.176. The third-order valence-corrected chi connectivity index (χ3v) is 7.25. The molecule has 0 atom stereocenters. The van der Waals surface area contributed by atoms with Crippen molar-refractivity contribution in [2.75, 3.05) is 29.5 Å². The molecule has 2 aromatic rings. The summed E-state index contributed by atoms with van der Waals surface area (Å²) >= 11 is 7.46. The number of nitrogen functional groups attached to an aromatic ring is 2. The summed E-state index contributed by atoms with van der Waals surface area (Å²) < 4.78 is 1.58. The fourth-order valence-electron chi connectivity index (χ4n) is 3.28. The van der Waals surface area contributed by atoms with Gasteiger partial charge in [0.1, 0.15) is 10.7 Å². The minimum Gasteiger partial charge on any atom is -0.397 e. The highest BCUT2D eigenvalue weighted by Crippen LogP contribution is 2.38. The molecule has 27 heavy (non-hydrogen) atoms. The number of anilines is 3. The molecule has 6 nitrogen and oxygen atoms in total. The largest absolute Gasteiger partial charge is 0.397 e. The minimum atomic E-state index is -0.176. The van der Waals surface area contributed by atoms with Gasteiger partial charge in [-0.15, -0.1) is 0 Å². The molecular weight excluding hydrogens is 382 g/mol. The average Bonchev–Trinajstić information content (AvgIpc) is 2.66. The lowest BCUT2D eigenvalue weighted by Gasteiger charge is -2.39. The van der Waals surface area contributed by atoms with Crippen molar-refractivity contribution in [3.05, 3.63) is 33.6 Å². The van der Waals surface area contributed by atoms with Crippen LogP contribution in [0.3, 0.4) is 0 Å². The Labute approximate surface area is 168 Å². The van der Waals surface area contributed by atoms with E-state index < -0.39 is 0 Å². The maximum absolute atomic E-state index is 13.0. The molecule has 0 bridgehead atoms. The standard InChI is InChI=1S/C19H26ClN5OS/c1-4-19(2)8-10-25(11-9-19)18-23-16(22)15(17(26)24(18)3)27-13-7-5-6-12(21)14(13)20/h5-7H,4,8-11,21-22H2,1-3H3. The molecule has 1 saturated heterocycles. The Morgan fingerprint density at radius 3 is 2.59 bits per heavy atom. The number of hydrogen-bond donors (Lipinski definition) is 2. The lowest BCUT2D eigenvalue weighted by Crippen LogP contribution is -2.41. The third kappa shape index (κ3) is 3.89. The number of nitrogens with zero attached hydrogens (tertiary/aromatic N) is 3. The quantitative estimate of drug-likeness (QED) is 0.750. The van der Waals surface area contributed by atoms with Gasteiger partial charge in [-0.25, -0.2) is 0 Å². The van der Waals surface area contributed by atoms with E-state index >= 15 is 0 Å². The summed E-state index contributed by atoms with van der Waals surface area (Å²) in [6, 6.07) is 5.33. The van der Waals surface area contributed by atoms with Crippen LogP contribution >= 0.6 is 23.4 Å². The summed E-state index contributed by atoms with van der Waals surface area (Å²) in [4.78, 5) is 20.7. The van der Waals surface area contributed by atoms with Crippen molar-refractivity contribution < 1.29 is 0 Å². The van der Waals surface area contributed by atoms with Gasteiger partial charge < -0.3 is 16.4 Å². The van der Waals surface area contributed by atoms with Crippen molar-refractivity contribution in [2.45, 2.75) is 42.9 Å². The van der Waals surface area contributed by atoms with Gasteiger partial charge in [-0.3, -0.25) is 9.36 Å². The van der Waals surface area contributed by atoms with E-state index in [0.29, 0.717) is 31.9 Å². The molecule has 1 aliphatic heterocycles. The fraction of sp³-hybridized carbons (Fsp3) is 0.474. The van der Waals surface area contributed by atoms with Crippen LogP contribution < -0.4 is 21.9 Å². The van der Waals surface area contributed by atoms with Gasteiger partial charge in [-0.05, 0) is 30.4 Å². The van der Waals surface area contributed by atoms with E-state index in [1.165, 1.54) is 11.8 Å². The van der Waals surface area contributed by atoms with Crippen molar-refractivity contribution in [3.63, 3.8) is 0 Å². The summed E-state index contributed by atoms with van der Waals surface area (Å²) in [7, 11) is 1.74. The van der Waals surface area contributed by atoms with Gasteiger partial charge in [0, 0.05) is 25.0 Å². The molecule has 3 rings (SSSR count). The van der Waals surface area contributed by atoms with E-state index in [0.717, 1.165) is 32.4 Å². The number of rotatable bonds is 4. The maximum Gasteiger partial charge on any atom is 0.270 e. The molecule has 4 N–H and O–H groups in total. The van der Waals surface area contributed by atoms with Crippen molar-refractivity contribution in [2.24, 2.45) is 12.5 Å². The summed E-state index contributed by atoms with van der Waals surface area (Å²) in [5.74, 6) is 0.846. The number of nitrogens with two attached hydrogens (primary N) is 2. The van der Waals surface area contributed by atoms with Crippen molar-refractivity contribution in [1.82, 2.24) is 9.55 Å². The van der Waals surface area contributed by atoms with Crippen LogP contribution in [0.4, 0.5) is 17.5 Å². The van der Waals surface area contributed by atoms with Crippen LogP contribution in [-0.2, 0) is 7.05 Å². The Bertz CT molecular complexity index is 906. The first-order chi connectivity index (χ1) is 12.8. The average molecular weight is 408 g/mol. The molecule has 2 heterocycles. The van der Waals surface area contributed by atoms with Gasteiger partial charge in [0.2, 0.25) is 5.95 Å². The van der Waals surface area contributed by atoms with E-state index in [4.69, 9.17) is 23.1 Å². The monoisotopic (exact) mass is 407 g/mol. The Kier molecular flexibility index (Phi) is 5.63. The molecule has 0 unspecified atom stereocenters. The zero-order chi connectivity index (χ0) is 19.8. The lowest BCUT2D eigenvalue weighted by atomic mass is 9.78. The van der Waals surface area contributed by atoms with E-state index in [9.17, 15) is 4.79 Å². The highest BCUT2D eigenvalue weighted by molar-refractivity contribution is 7.99. The number of piperidine rings is 1. The number of benzene rings is 1. The molecule has 8 heteroatoms. The van der Waals surface area contributed by atoms with Gasteiger partial charge in [-0.1, -0.05) is 49.7 Å². The van der Waals surface area contributed by atoms with Crippen molar-refractivity contribution in [1.29, 1.82) is 0 Å². The van der Waals surface area contributed by atoms with Crippen LogP contribution in [0.5, 0.6) is 0 Å².